The van der Waals surface area contributed by atoms with Crippen molar-refractivity contribution in [3.05, 3.63) is 33.9 Å². The van der Waals surface area contributed by atoms with Crippen molar-refractivity contribution in [3.8, 4) is 11.5 Å². The van der Waals surface area contributed by atoms with Gasteiger partial charge in [-0.2, -0.15) is 0 Å². The van der Waals surface area contributed by atoms with Gasteiger partial charge in [0.05, 0.1) is 13.7 Å². The third kappa shape index (κ3) is 3.85. The zero-order valence-corrected chi connectivity index (χ0v) is 20.1. The molecule has 3 N–H and O–H groups in total. The van der Waals surface area contributed by atoms with Gasteiger partial charge in [-0.15, -0.1) is 0 Å². The summed E-state index contributed by atoms with van der Waals surface area (Å²) in [4.78, 5) is 0. The molecular formula is C26H38O6. The summed E-state index contributed by atoms with van der Waals surface area (Å²) < 4.78 is 17.8. The molecule has 0 saturated carbocycles. The highest BCUT2D eigenvalue weighted by atomic mass is 16.7. The normalized spacial score (nSPS) is 36.3. The van der Waals surface area contributed by atoms with Crippen molar-refractivity contribution >= 4 is 0 Å². The van der Waals surface area contributed by atoms with Crippen LogP contribution in [0.25, 0.3) is 0 Å². The Morgan fingerprint density at radius 1 is 1.00 bits per heavy atom. The number of hydrogen-bond acceptors (Lipinski definition) is 6. The maximum atomic E-state index is 10.5. The van der Waals surface area contributed by atoms with E-state index >= 15 is 0 Å². The average molecular weight is 447 g/mol. The molecule has 3 aliphatic rings. The van der Waals surface area contributed by atoms with Gasteiger partial charge in [-0.1, -0.05) is 25.5 Å². The van der Waals surface area contributed by atoms with Crippen LogP contribution in [0.5, 0.6) is 11.5 Å². The van der Waals surface area contributed by atoms with Crippen LogP contribution in [0.15, 0.2) is 11.6 Å². The van der Waals surface area contributed by atoms with Crippen molar-refractivity contribution < 1.29 is 29.5 Å². The van der Waals surface area contributed by atoms with Gasteiger partial charge in [0.25, 0.3) is 0 Å². The molecular weight excluding hydrogens is 408 g/mol. The second-order valence-electron chi connectivity index (χ2n) is 10.2. The third-order valence-corrected chi connectivity index (χ3v) is 7.66. The SMILES string of the molecule is COc1c(C)c2c3c(c1O[C@@H]1OC[C@@H](O)[C@H](O)[C@H]1O)[C@@H](C)CC[C@@H]3[C@@H](C)C[C@@H]2C=C(C)C. The summed E-state index contributed by atoms with van der Waals surface area (Å²) >= 11 is 0. The first kappa shape index (κ1) is 23.6. The fourth-order valence-corrected chi connectivity index (χ4v) is 6.14. The van der Waals surface area contributed by atoms with Crippen LogP contribution in [0.1, 0.15) is 87.0 Å². The second-order valence-corrected chi connectivity index (χ2v) is 10.2. The van der Waals surface area contributed by atoms with Gasteiger partial charge in [0, 0.05) is 11.5 Å². The number of benzene rings is 1. The Kier molecular flexibility index (Phi) is 6.61. The van der Waals surface area contributed by atoms with Gasteiger partial charge in [-0.05, 0) is 74.5 Å². The third-order valence-electron chi connectivity index (χ3n) is 7.66. The van der Waals surface area contributed by atoms with Crippen LogP contribution in [0, 0.1) is 12.8 Å². The lowest BCUT2D eigenvalue weighted by atomic mass is 9.62. The first-order valence-corrected chi connectivity index (χ1v) is 11.9. The van der Waals surface area contributed by atoms with Crippen molar-refractivity contribution in [1.29, 1.82) is 0 Å². The Bertz CT molecular complexity index is 889. The highest BCUT2D eigenvalue weighted by molar-refractivity contribution is 5.65. The predicted molar refractivity (Wildman–Crippen MR) is 122 cm³/mol. The molecule has 0 amide bonds. The van der Waals surface area contributed by atoms with Gasteiger partial charge in [0.2, 0.25) is 6.29 Å². The van der Waals surface area contributed by atoms with Crippen LogP contribution in [0.4, 0.5) is 0 Å². The van der Waals surface area contributed by atoms with Gasteiger partial charge in [0.15, 0.2) is 11.5 Å². The Hall–Kier alpha value is -1.60. The van der Waals surface area contributed by atoms with Crippen molar-refractivity contribution in [1.82, 2.24) is 0 Å². The largest absolute Gasteiger partial charge is 0.493 e. The van der Waals surface area contributed by atoms with Gasteiger partial charge in [0.1, 0.15) is 18.3 Å². The van der Waals surface area contributed by atoms with Crippen molar-refractivity contribution in [2.75, 3.05) is 13.7 Å². The van der Waals surface area contributed by atoms with Gasteiger partial charge in [-0.25, -0.2) is 0 Å². The molecule has 0 spiro atoms. The van der Waals surface area contributed by atoms with E-state index in [-0.39, 0.29) is 12.5 Å². The molecule has 1 aromatic rings. The van der Waals surface area contributed by atoms with Crippen LogP contribution in [0.2, 0.25) is 0 Å². The molecule has 2 aliphatic carbocycles. The molecule has 1 fully saturated rings. The first-order valence-electron chi connectivity index (χ1n) is 11.9. The Balaban J connectivity index is 1.89. The molecule has 4 rings (SSSR count). The molecule has 1 saturated heterocycles. The van der Waals surface area contributed by atoms with E-state index in [4.69, 9.17) is 14.2 Å². The minimum Gasteiger partial charge on any atom is -0.493 e. The number of methoxy groups -OCH3 is 1. The molecule has 1 heterocycles. The van der Waals surface area contributed by atoms with Gasteiger partial charge in [-0.3, -0.25) is 0 Å². The number of rotatable bonds is 4. The summed E-state index contributed by atoms with van der Waals surface area (Å²) in [6, 6.07) is 0. The van der Waals surface area contributed by atoms with E-state index in [1.807, 2.05) is 0 Å². The van der Waals surface area contributed by atoms with Gasteiger partial charge >= 0.3 is 0 Å². The molecule has 0 bridgehead atoms. The Morgan fingerprint density at radius 2 is 1.72 bits per heavy atom. The van der Waals surface area contributed by atoms with Crippen LogP contribution in [-0.2, 0) is 4.74 Å². The molecule has 0 radical (unpaired) electrons. The highest BCUT2D eigenvalue weighted by Crippen LogP contribution is 2.58. The maximum absolute atomic E-state index is 10.5. The monoisotopic (exact) mass is 446 g/mol. The summed E-state index contributed by atoms with van der Waals surface area (Å²) in [5.74, 6) is 2.92. The standard InChI is InChI=1S/C26H38O6/c1-12(2)9-16-10-14(4)17-8-7-13(3)19-21(17)20(16)15(5)24(30-6)25(19)32-26-23(29)22(28)18(27)11-31-26/h9,13-14,16-18,22-23,26-29H,7-8,10-11H2,1-6H3/t13-,14-,16-,17+,18+,22-,23+,26-/m0/s1. The first-order chi connectivity index (χ1) is 15.1. The minimum atomic E-state index is -1.35. The minimum absolute atomic E-state index is 0.0949. The van der Waals surface area contributed by atoms with Gasteiger partial charge < -0.3 is 29.5 Å². The predicted octanol–water partition coefficient (Wildman–Crippen LogP) is 3.89. The number of allylic oxidation sites excluding steroid dienone is 2. The van der Waals surface area contributed by atoms with Crippen molar-refractivity contribution in [2.45, 2.75) is 96.2 Å². The molecule has 178 valence electrons. The maximum Gasteiger partial charge on any atom is 0.229 e. The van der Waals surface area contributed by atoms with Crippen LogP contribution < -0.4 is 9.47 Å². The Labute approximate surface area is 191 Å². The van der Waals surface area contributed by atoms with Crippen LogP contribution in [-0.4, -0.2) is 53.6 Å². The number of aliphatic hydroxyl groups excluding tert-OH is 3. The summed E-state index contributed by atoms with van der Waals surface area (Å²) in [6.07, 6.45) is 0.842. The van der Waals surface area contributed by atoms with E-state index in [0.29, 0.717) is 29.3 Å². The lowest BCUT2D eigenvalue weighted by molar-refractivity contribution is -0.242. The molecule has 32 heavy (non-hydrogen) atoms. The van der Waals surface area contributed by atoms with E-state index < -0.39 is 24.6 Å². The zero-order chi connectivity index (χ0) is 23.3. The number of ether oxygens (including phenoxy) is 3. The fraction of sp³-hybridized carbons (Fsp3) is 0.692. The van der Waals surface area contributed by atoms with Crippen LogP contribution in [0.3, 0.4) is 0 Å². The summed E-state index contributed by atoms with van der Waals surface area (Å²) in [5, 5.41) is 30.5. The lowest BCUT2D eigenvalue weighted by Gasteiger charge is -2.44. The van der Waals surface area contributed by atoms with Crippen molar-refractivity contribution in [2.24, 2.45) is 5.92 Å². The quantitative estimate of drug-likeness (QED) is 0.608. The summed E-state index contributed by atoms with van der Waals surface area (Å²) in [6.45, 7) is 10.9. The average Bonchev–Trinajstić information content (AvgIpc) is 2.73. The zero-order valence-electron chi connectivity index (χ0n) is 20.1. The summed E-state index contributed by atoms with van der Waals surface area (Å²) in [7, 11) is 1.65. The topological polar surface area (TPSA) is 88.4 Å². The summed E-state index contributed by atoms with van der Waals surface area (Å²) in [5.41, 5.74) is 6.27. The second kappa shape index (κ2) is 8.98. The molecule has 1 aromatic carbocycles. The number of hydrogen-bond donors (Lipinski definition) is 3. The molecule has 0 aromatic heterocycles. The van der Waals surface area contributed by atoms with E-state index in [2.05, 4.69) is 40.7 Å². The van der Waals surface area contributed by atoms with Crippen molar-refractivity contribution in [3.63, 3.8) is 0 Å². The molecule has 0 unspecified atom stereocenters. The smallest absolute Gasteiger partial charge is 0.229 e. The van der Waals surface area contributed by atoms with E-state index in [9.17, 15) is 15.3 Å². The van der Waals surface area contributed by atoms with E-state index in [1.165, 1.54) is 16.7 Å². The number of aliphatic hydroxyl groups is 3. The van der Waals surface area contributed by atoms with E-state index in [1.54, 1.807) is 7.11 Å². The van der Waals surface area contributed by atoms with E-state index in [0.717, 1.165) is 30.4 Å². The highest BCUT2D eigenvalue weighted by Gasteiger charge is 2.44. The fourth-order valence-electron chi connectivity index (χ4n) is 6.14. The molecule has 1 aliphatic heterocycles. The molecule has 6 heteroatoms. The molecule has 8 atom stereocenters. The van der Waals surface area contributed by atoms with Crippen LogP contribution >= 0.6 is 0 Å². The Morgan fingerprint density at radius 3 is 2.38 bits per heavy atom. The molecule has 6 nitrogen and oxygen atoms in total. The lowest BCUT2D eigenvalue weighted by Crippen LogP contribution is -2.54.